The molecule has 1 aromatic carbocycles. The Labute approximate surface area is 154 Å². The van der Waals surface area contributed by atoms with E-state index in [4.69, 9.17) is 0 Å². The lowest BCUT2D eigenvalue weighted by molar-refractivity contribution is -0.132. The van der Waals surface area contributed by atoms with Crippen molar-refractivity contribution in [1.29, 1.82) is 0 Å². The van der Waals surface area contributed by atoms with Gasteiger partial charge in [-0.05, 0) is 31.3 Å². The van der Waals surface area contributed by atoms with Crippen LogP contribution in [0.4, 0.5) is 5.69 Å². The molecule has 1 aliphatic rings. The smallest absolute Gasteiger partial charge is 0.337 e. The van der Waals surface area contributed by atoms with Gasteiger partial charge in [0, 0.05) is 39.1 Å². The maximum atomic E-state index is 12.4. The highest BCUT2D eigenvalue weighted by Crippen LogP contribution is 2.19. The lowest BCUT2D eigenvalue weighted by Crippen LogP contribution is -2.48. The van der Waals surface area contributed by atoms with Crippen LogP contribution < -0.4 is 4.31 Å². The molecule has 0 N–H and O–H groups in total. The quantitative estimate of drug-likeness (QED) is 0.661. The number of methoxy groups -OCH3 is 1. The molecule has 0 unspecified atom stereocenters. The summed E-state index contributed by atoms with van der Waals surface area (Å²) >= 11 is 0. The van der Waals surface area contributed by atoms with Gasteiger partial charge in [-0.2, -0.15) is 0 Å². The number of piperazine rings is 1. The molecule has 1 aliphatic heterocycles. The van der Waals surface area contributed by atoms with Gasteiger partial charge in [-0.15, -0.1) is 0 Å². The normalized spacial score (nSPS) is 15.6. The summed E-state index contributed by atoms with van der Waals surface area (Å²) < 4.78 is 30.1. The first-order valence-electron chi connectivity index (χ1n) is 8.35. The van der Waals surface area contributed by atoms with E-state index in [0.717, 1.165) is 19.3 Å². The van der Waals surface area contributed by atoms with E-state index in [1.54, 1.807) is 4.90 Å². The minimum Gasteiger partial charge on any atom is -0.465 e. The predicted molar refractivity (Wildman–Crippen MR) is 98.7 cm³/mol. The number of benzene rings is 1. The summed E-state index contributed by atoms with van der Waals surface area (Å²) in [5, 5.41) is 0. The lowest BCUT2D eigenvalue weighted by atomic mass is 10.2. The lowest BCUT2D eigenvalue weighted by Gasteiger charge is -2.33. The molecule has 144 valence electrons. The third-order valence-corrected chi connectivity index (χ3v) is 5.56. The largest absolute Gasteiger partial charge is 0.465 e. The van der Waals surface area contributed by atoms with Crippen LogP contribution >= 0.6 is 0 Å². The Balaban J connectivity index is 2.06. The van der Waals surface area contributed by atoms with Crippen LogP contribution in [-0.4, -0.2) is 83.2 Å². The Bertz CT molecular complexity index is 740. The summed E-state index contributed by atoms with van der Waals surface area (Å²) in [5.74, 6) is -0.550. The maximum absolute atomic E-state index is 12.4. The Kier molecular flexibility index (Phi) is 6.60. The molecule has 0 bridgehead atoms. The number of carbonyl (C=O) groups is 2. The van der Waals surface area contributed by atoms with Crippen molar-refractivity contribution in [1.82, 2.24) is 9.80 Å². The fourth-order valence-electron chi connectivity index (χ4n) is 2.78. The molecule has 0 saturated carbocycles. The number of likely N-dealkylation sites (N-methyl/N-ethyl adjacent to an activating group) is 1. The van der Waals surface area contributed by atoms with Crippen molar-refractivity contribution in [3.8, 4) is 0 Å². The molecule has 26 heavy (non-hydrogen) atoms. The van der Waals surface area contributed by atoms with E-state index in [0.29, 0.717) is 24.3 Å². The van der Waals surface area contributed by atoms with E-state index in [1.165, 1.54) is 35.7 Å². The topological polar surface area (TPSA) is 87.2 Å². The van der Waals surface area contributed by atoms with E-state index in [2.05, 4.69) is 9.64 Å². The Morgan fingerprint density at radius 1 is 1.12 bits per heavy atom. The maximum Gasteiger partial charge on any atom is 0.337 e. The Morgan fingerprint density at radius 2 is 1.69 bits per heavy atom. The fraction of sp³-hybridized carbons (Fsp3) is 0.529. The summed E-state index contributed by atoms with van der Waals surface area (Å²) in [6.07, 6.45) is 1.21. The third-order valence-electron chi connectivity index (χ3n) is 4.36. The number of nitrogens with zero attached hydrogens (tertiary/aromatic N) is 3. The first kappa shape index (κ1) is 20.2. The van der Waals surface area contributed by atoms with Crippen LogP contribution in [0.2, 0.25) is 0 Å². The van der Waals surface area contributed by atoms with Crippen LogP contribution in [0.3, 0.4) is 0 Å². The average molecular weight is 383 g/mol. The van der Waals surface area contributed by atoms with Crippen LogP contribution in [0.15, 0.2) is 24.3 Å². The summed E-state index contributed by atoms with van der Waals surface area (Å²) in [4.78, 5) is 27.8. The molecule has 1 aromatic rings. The highest BCUT2D eigenvalue weighted by Gasteiger charge is 2.23. The number of sulfonamides is 1. The highest BCUT2D eigenvalue weighted by molar-refractivity contribution is 7.92. The van der Waals surface area contributed by atoms with Crippen molar-refractivity contribution in [3.63, 3.8) is 0 Å². The molecular formula is C17H25N3O5S. The van der Waals surface area contributed by atoms with Crippen molar-refractivity contribution in [2.45, 2.75) is 6.42 Å². The second-order valence-corrected chi connectivity index (χ2v) is 8.21. The minimum atomic E-state index is -3.55. The molecule has 1 saturated heterocycles. The molecule has 2 rings (SSSR count). The van der Waals surface area contributed by atoms with Crippen LogP contribution in [0.5, 0.6) is 0 Å². The average Bonchev–Trinajstić information content (AvgIpc) is 2.61. The van der Waals surface area contributed by atoms with Gasteiger partial charge in [0.2, 0.25) is 15.9 Å². The molecule has 0 atom stereocenters. The zero-order valence-electron chi connectivity index (χ0n) is 15.3. The molecule has 8 nitrogen and oxygen atoms in total. The number of hydrogen-bond donors (Lipinski definition) is 0. The van der Waals surface area contributed by atoms with Crippen LogP contribution in [0, 0.1) is 0 Å². The molecular weight excluding hydrogens is 358 g/mol. The zero-order valence-corrected chi connectivity index (χ0v) is 16.2. The van der Waals surface area contributed by atoms with Crippen molar-refractivity contribution >= 4 is 27.6 Å². The number of esters is 1. The van der Waals surface area contributed by atoms with E-state index < -0.39 is 16.0 Å². The van der Waals surface area contributed by atoms with Gasteiger partial charge in [-0.1, -0.05) is 0 Å². The number of amides is 1. The standard InChI is InChI=1S/C17H25N3O5S/c1-18-10-12-19(13-11-18)16(21)8-9-20(26(3,23)24)15-6-4-14(5-7-15)17(22)25-2/h4-7H,8-13H2,1-3H3. The number of ether oxygens (including phenoxy) is 1. The van der Waals surface area contributed by atoms with Crippen LogP contribution in [0.25, 0.3) is 0 Å². The highest BCUT2D eigenvalue weighted by atomic mass is 32.2. The predicted octanol–water partition coefficient (Wildman–Crippen LogP) is 0.403. The molecule has 9 heteroatoms. The van der Waals surface area contributed by atoms with Crippen molar-refractivity contribution in [2.24, 2.45) is 0 Å². The van der Waals surface area contributed by atoms with E-state index in [1.807, 2.05) is 7.05 Å². The second kappa shape index (κ2) is 8.50. The first-order valence-corrected chi connectivity index (χ1v) is 10.2. The van der Waals surface area contributed by atoms with Gasteiger partial charge in [0.15, 0.2) is 0 Å². The van der Waals surface area contributed by atoms with Crippen molar-refractivity contribution < 1.29 is 22.7 Å². The third kappa shape index (κ3) is 5.18. The van der Waals surface area contributed by atoms with E-state index in [-0.39, 0.29) is 18.9 Å². The first-order chi connectivity index (χ1) is 12.2. The summed E-state index contributed by atoms with van der Waals surface area (Å²) in [6.45, 7) is 3.00. The van der Waals surface area contributed by atoms with Gasteiger partial charge in [0.1, 0.15) is 0 Å². The van der Waals surface area contributed by atoms with Gasteiger partial charge in [0.05, 0.1) is 24.6 Å². The monoisotopic (exact) mass is 383 g/mol. The molecule has 0 spiro atoms. The minimum absolute atomic E-state index is 0.0571. The van der Waals surface area contributed by atoms with Crippen molar-refractivity contribution in [2.75, 3.05) is 57.4 Å². The van der Waals surface area contributed by atoms with Gasteiger partial charge in [-0.3, -0.25) is 9.10 Å². The van der Waals surface area contributed by atoms with Gasteiger partial charge >= 0.3 is 5.97 Å². The summed E-state index contributed by atoms with van der Waals surface area (Å²) in [5.41, 5.74) is 0.740. The summed E-state index contributed by atoms with van der Waals surface area (Å²) in [6, 6.07) is 6.07. The molecule has 0 aromatic heterocycles. The molecule has 0 aliphatic carbocycles. The number of hydrogen-bond acceptors (Lipinski definition) is 6. The molecule has 1 heterocycles. The van der Waals surface area contributed by atoms with Gasteiger partial charge in [0.25, 0.3) is 0 Å². The SMILES string of the molecule is COC(=O)c1ccc(N(CCC(=O)N2CCN(C)CC2)S(C)(=O)=O)cc1. The fourth-order valence-corrected chi connectivity index (χ4v) is 3.71. The number of rotatable bonds is 6. The van der Waals surface area contributed by atoms with Gasteiger partial charge < -0.3 is 14.5 Å². The molecule has 1 fully saturated rings. The van der Waals surface area contributed by atoms with Crippen LogP contribution in [-0.2, 0) is 19.6 Å². The van der Waals surface area contributed by atoms with Gasteiger partial charge in [-0.25, -0.2) is 13.2 Å². The van der Waals surface area contributed by atoms with E-state index in [9.17, 15) is 18.0 Å². The van der Waals surface area contributed by atoms with Crippen molar-refractivity contribution in [3.05, 3.63) is 29.8 Å². The zero-order chi connectivity index (χ0) is 19.3. The Hall–Kier alpha value is -2.13. The van der Waals surface area contributed by atoms with E-state index >= 15 is 0 Å². The number of anilines is 1. The summed E-state index contributed by atoms with van der Waals surface area (Å²) in [7, 11) is -0.268. The number of carbonyl (C=O) groups excluding carboxylic acids is 2. The molecule has 1 amide bonds. The molecule has 0 radical (unpaired) electrons. The second-order valence-electron chi connectivity index (χ2n) is 6.31. The Morgan fingerprint density at radius 3 is 2.19 bits per heavy atom. The van der Waals surface area contributed by atoms with Crippen LogP contribution in [0.1, 0.15) is 16.8 Å².